The number of rotatable bonds is 5. The zero-order valence-corrected chi connectivity index (χ0v) is 10.5. The predicted molar refractivity (Wildman–Crippen MR) is 65.5 cm³/mol. The number of unbranched alkanes of at least 4 members (excludes halogenated alkanes) is 1. The van der Waals surface area contributed by atoms with Crippen LogP contribution in [0.1, 0.15) is 57.2 Å². The van der Waals surface area contributed by atoms with E-state index in [2.05, 4.69) is 21.6 Å². The largest absolute Gasteiger partial charge is 0.308 e. The molecule has 17 heavy (non-hydrogen) atoms. The number of carbonyl (C=O) groups excluding carboxylic acids is 1. The zero-order valence-electron chi connectivity index (χ0n) is 10.5. The second-order valence-corrected chi connectivity index (χ2v) is 4.28. The fourth-order valence-corrected chi connectivity index (χ4v) is 1.51. The third kappa shape index (κ3) is 3.31. The number of aromatic nitrogens is 2. The highest BCUT2D eigenvalue weighted by atomic mass is 16.1. The molecule has 1 aromatic heterocycles. The molecule has 0 aliphatic rings. The molecular weight excluding hydrogens is 216 g/mol. The molecule has 2 N–H and O–H groups in total. The first-order valence-electron chi connectivity index (χ1n) is 5.88. The van der Waals surface area contributed by atoms with Crippen LogP contribution in [0.4, 0.5) is 5.82 Å². The van der Waals surface area contributed by atoms with Crippen LogP contribution < -0.4 is 5.32 Å². The van der Waals surface area contributed by atoms with Gasteiger partial charge >= 0.3 is 0 Å². The van der Waals surface area contributed by atoms with Crippen molar-refractivity contribution in [2.75, 3.05) is 5.32 Å². The van der Waals surface area contributed by atoms with Crippen LogP contribution in [0.2, 0.25) is 0 Å². The SMILES string of the molecule is CCCCC(=O)Nc1n[nH]c(C(C)C)c1C#N. The van der Waals surface area contributed by atoms with Crippen LogP contribution in [0, 0.1) is 11.3 Å². The van der Waals surface area contributed by atoms with E-state index in [1.54, 1.807) is 0 Å². The molecule has 0 saturated carbocycles. The van der Waals surface area contributed by atoms with E-state index in [-0.39, 0.29) is 11.8 Å². The van der Waals surface area contributed by atoms with Gasteiger partial charge in [-0.2, -0.15) is 10.4 Å². The van der Waals surface area contributed by atoms with Gasteiger partial charge in [0.05, 0.1) is 5.69 Å². The number of amides is 1. The lowest BCUT2D eigenvalue weighted by atomic mass is 10.1. The smallest absolute Gasteiger partial charge is 0.225 e. The van der Waals surface area contributed by atoms with Crippen LogP contribution in [0.5, 0.6) is 0 Å². The molecule has 5 heteroatoms. The average Bonchev–Trinajstić information content (AvgIpc) is 2.69. The fraction of sp³-hybridized carbons (Fsp3) is 0.583. The molecule has 0 unspecified atom stereocenters. The first-order valence-corrected chi connectivity index (χ1v) is 5.88. The lowest BCUT2D eigenvalue weighted by Crippen LogP contribution is -2.12. The van der Waals surface area contributed by atoms with Gasteiger partial charge in [-0.05, 0) is 12.3 Å². The molecule has 0 fully saturated rings. The third-order valence-electron chi connectivity index (χ3n) is 2.50. The molecule has 1 rings (SSSR count). The summed E-state index contributed by atoms with van der Waals surface area (Å²) in [6.45, 7) is 5.97. The Balaban J connectivity index is 2.79. The molecule has 0 aromatic carbocycles. The summed E-state index contributed by atoms with van der Waals surface area (Å²) in [5.74, 6) is 0.431. The number of H-pyrrole nitrogens is 1. The lowest BCUT2D eigenvalue weighted by Gasteiger charge is -2.02. The number of nitrogens with one attached hydrogen (secondary N) is 2. The van der Waals surface area contributed by atoms with Crippen molar-refractivity contribution in [2.24, 2.45) is 0 Å². The van der Waals surface area contributed by atoms with E-state index < -0.39 is 0 Å². The van der Waals surface area contributed by atoms with Crippen molar-refractivity contribution in [2.45, 2.75) is 46.0 Å². The Hall–Kier alpha value is -1.83. The van der Waals surface area contributed by atoms with Crippen molar-refractivity contribution in [3.8, 4) is 6.07 Å². The normalized spacial score (nSPS) is 10.3. The van der Waals surface area contributed by atoms with Gasteiger partial charge in [0, 0.05) is 6.42 Å². The van der Waals surface area contributed by atoms with E-state index in [0.29, 0.717) is 17.8 Å². The number of nitrogens with zero attached hydrogens (tertiary/aromatic N) is 2. The summed E-state index contributed by atoms with van der Waals surface area (Å²) in [7, 11) is 0. The topological polar surface area (TPSA) is 81.6 Å². The Bertz CT molecular complexity index is 428. The minimum Gasteiger partial charge on any atom is -0.308 e. The first kappa shape index (κ1) is 13.2. The predicted octanol–water partition coefficient (Wildman–Crippen LogP) is 2.53. The summed E-state index contributed by atoms with van der Waals surface area (Å²) in [4.78, 5) is 11.5. The van der Waals surface area contributed by atoms with Crippen molar-refractivity contribution in [3.05, 3.63) is 11.3 Å². The van der Waals surface area contributed by atoms with Gasteiger partial charge in [0.15, 0.2) is 5.82 Å². The van der Waals surface area contributed by atoms with E-state index in [9.17, 15) is 4.79 Å². The Morgan fingerprint density at radius 2 is 2.29 bits per heavy atom. The molecule has 0 spiro atoms. The zero-order chi connectivity index (χ0) is 12.8. The maximum Gasteiger partial charge on any atom is 0.225 e. The molecule has 0 aliphatic heterocycles. The van der Waals surface area contributed by atoms with Crippen LogP contribution in [0.25, 0.3) is 0 Å². The van der Waals surface area contributed by atoms with E-state index in [4.69, 9.17) is 5.26 Å². The second-order valence-electron chi connectivity index (χ2n) is 4.28. The van der Waals surface area contributed by atoms with Crippen molar-refractivity contribution in [1.82, 2.24) is 10.2 Å². The van der Waals surface area contributed by atoms with Gasteiger partial charge in [0.1, 0.15) is 11.6 Å². The number of aromatic amines is 1. The summed E-state index contributed by atoms with van der Waals surface area (Å²) >= 11 is 0. The molecule has 0 atom stereocenters. The highest BCUT2D eigenvalue weighted by molar-refractivity contribution is 5.91. The monoisotopic (exact) mass is 234 g/mol. The maximum atomic E-state index is 11.5. The van der Waals surface area contributed by atoms with Gasteiger partial charge in [0.2, 0.25) is 5.91 Å². The van der Waals surface area contributed by atoms with Crippen LogP contribution in [-0.4, -0.2) is 16.1 Å². The lowest BCUT2D eigenvalue weighted by molar-refractivity contribution is -0.116. The number of nitriles is 1. The van der Waals surface area contributed by atoms with Crippen molar-refractivity contribution in [3.63, 3.8) is 0 Å². The summed E-state index contributed by atoms with van der Waals surface area (Å²) in [5, 5.41) is 18.5. The Morgan fingerprint density at radius 1 is 1.59 bits per heavy atom. The Labute approximate surface area is 101 Å². The third-order valence-corrected chi connectivity index (χ3v) is 2.50. The summed E-state index contributed by atoms with van der Waals surface area (Å²) < 4.78 is 0. The fourth-order valence-electron chi connectivity index (χ4n) is 1.51. The molecular formula is C12H18N4O. The number of anilines is 1. The Morgan fingerprint density at radius 3 is 2.82 bits per heavy atom. The quantitative estimate of drug-likeness (QED) is 0.821. The average molecular weight is 234 g/mol. The molecule has 1 aromatic rings. The van der Waals surface area contributed by atoms with Crippen molar-refractivity contribution < 1.29 is 4.79 Å². The van der Waals surface area contributed by atoms with Crippen LogP contribution >= 0.6 is 0 Å². The van der Waals surface area contributed by atoms with Crippen LogP contribution in [-0.2, 0) is 4.79 Å². The molecule has 0 aliphatic carbocycles. The number of hydrogen-bond donors (Lipinski definition) is 2. The van der Waals surface area contributed by atoms with Crippen LogP contribution in [0.15, 0.2) is 0 Å². The van der Waals surface area contributed by atoms with E-state index in [1.165, 1.54) is 0 Å². The molecule has 0 saturated heterocycles. The van der Waals surface area contributed by atoms with Gasteiger partial charge in [-0.1, -0.05) is 27.2 Å². The van der Waals surface area contributed by atoms with Crippen LogP contribution in [0.3, 0.4) is 0 Å². The minimum atomic E-state index is -0.0924. The van der Waals surface area contributed by atoms with E-state index >= 15 is 0 Å². The second kappa shape index (κ2) is 6.04. The maximum absolute atomic E-state index is 11.5. The molecule has 92 valence electrons. The summed E-state index contributed by atoms with van der Waals surface area (Å²) in [6, 6.07) is 2.08. The number of carbonyl (C=O) groups is 1. The first-order chi connectivity index (χ1) is 8.10. The molecule has 1 heterocycles. The summed E-state index contributed by atoms with van der Waals surface area (Å²) in [5.41, 5.74) is 1.20. The summed E-state index contributed by atoms with van der Waals surface area (Å²) in [6.07, 6.45) is 2.27. The molecule has 1 amide bonds. The van der Waals surface area contributed by atoms with Gasteiger partial charge in [-0.3, -0.25) is 9.89 Å². The molecule has 5 nitrogen and oxygen atoms in total. The van der Waals surface area contributed by atoms with Gasteiger partial charge in [0.25, 0.3) is 0 Å². The highest BCUT2D eigenvalue weighted by Gasteiger charge is 2.16. The van der Waals surface area contributed by atoms with Gasteiger partial charge < -0.3 is 5.32 Å². The number of hydrogen-bond acceptors (Lipinski definition) is 3. The molecule has 0 bridgehead atoms. The van der Waals surface area contributed by atoms with Gasteiger partial charge in [-0.15, -0.1) is 0 Å². The Kier molecular flexibility index (Phi) is 4.70. The minimum absolute atomic E-state index is 0.0924. The van der Waals surface area contributed by atoms with Crippen molar-refractivity contribution in [1.29, 1.82) is 5.26 Å². The molecule has 0 radical (unpaired) electrons. The van der Waals surface area contributed by atoms with Gasteiger partial charge in [-0.25, -0.2) is 0 Å². The van der Waals surface area contributed by atoms with E-state index in [0.717, 1.165) is 18.5 Å². The van der Waals surface area contributed by atoms with Crippen molar-refractivity contribution >= 4 is 11.7 Å². The standard InChI is InChI=1S/C12H18N4O/c1-4-5-6-10(17)14-12-9(7-13)11(8(2)3)15-16-12/h8H,4-6H2,1-3H3,(H2,14,15,16,17). The van der Waals surface area contributed by atoms with E-state index in [1.807, 2.05) is 20.8 Å². The highest BCUT2D eigenvalue weighted by Crippen LogP contribution is 2.22.